The second-order valence-corrected chi connectivity index (χ2v) is 8.17. The first-order valence-electron chi connectivity index (χ1n) is 11.2. The van der Waals surface area contributed by atoms with Crippen molar-refractivity contribution in [2.45, 2.75) is 32.4 Å². The summed E-state index contributed by atoms with van der Waals surface area (Å²) in [6.07, 6.45) is -1.48. The highest BCUT2D eigenvalue weighted by molar-refractivity contribution is 5.96. The van der Waals surface area contributed by atoms with Crippen LogP contribution >= 0.6 is 0 Å². The SMILES string of the molecule is CCCN(CC(=O)Nc1ccccc1OC)C(=O)C1CCCN(c2ncccc2C(F)(F)F)C1. The van der Waals surface area contributed by atoms with E-state index in [1.54, 1.807) is 24.3 Å². The average Bonchev–Trinajstić information content (AvgIpc) is 2.83. The molecule has 0 radical (unpaired) electrons. The van der Waals surface area contributed by atoms with E-state index >= 15 is 0 Å². The minimum Gasteiger partial charge on any atom is -0.495 e. The van der Waals surface area contributed by atoms with E-state index in [2.05, 4.69) is 10.3 Å². The number of pyridine rings is 1. The number of halogens is 3. The van der Waals surface area contributed by atoms with E-state index in [0.29, 0.717) is 43.8 Å². The van der Waals surface area contributed by atoms with Gasteiger partial charge < -0.3 is 19.9 Å². The van der Waals surface area contributed by atoms with Gasteiger partial charge in [-0.25, -0.2) is 4.98 Å². The molecule has 7 nitrogen and oxygen atoms in total. The van der Waals surface area contributed by atoms with E-state index in [1.165, 1.54) is 29.2 Å². The quantitative estimate of drug-likeness (QED) is 0.616. The zero-order chi connectivity index (χ0) is 24.7. The number of carbonyl (C=O) groups is 2. The molecule has 1 unspecified atom stereocenters. The second kappa shape index (κ2) is 11.2. The Morgan fingerprint density at radius 2 is 2.00 bits per heavy atom. The van der Waals surface area contributed by atoms with Crippen molar-refractivity contribution in [1.82, 2.24) is 9.88 Å². The number of hydrogen-bond donors (Lipinski definition) is 1. The van der Waals surface area contributed by atoms with Crippen LogP contribution in [0.3, 0.4) is 0 Å². The number of hydrogen-bond acceptors (Lipinski definition) is 5. The average molecular weight is 479 g/mol. The highest BCUT2D eigenvalue weighted by Gasteiger charge is 2.38. The molecule has 1 aromatic heterocycles. The number of methoxy groups -OCH3 is 1. The molecule has 1 fully saturated rings. The van der Waals surface area contributed by atoms with Crippen LogP contribution in [0.1, 0.15) is 31.7 Å². The molecule has 1 N–H and O–H groups in total. The molecule has 2 aromatic rings. The minimum atomic E-state index is -4.54. The second-order valence-electron chi connectivity index (χ2n) is 8.17. The van der Waals surface area contributed by atoms with Crippen LogP contribution in [0.25, 0.3) is 0 Å². The summed E-state index contributed by atoms with van der Waals surface area (Å²) in [6, 6.07) is 9.21. The number of carbonyl (C=O) groups excluding carboxylic acids is 2. The number of aromatic nitrogens is 1. The molecule has 3 rings (SSSR count). The van der Waals surface area contributed by atoms with Crippen molar-refractivity contribution in [3.05, 3.63) is 48.2 Å². The van der Waals surface area contributed by atoms with Crippen molar-refractivity contribution in [2.75, 3.05) is 43.5 Å². The summed E-state index contributed by atoms with van der Waals surface area (Å²) in [6.45, 7) is 2.61. The van der Waals surface area contributed by atoms with Gasteiger partial charge >= 0.3 is 6.18 Å². The van der Waals surface area contributed by atoms with Crippen molar-refractivity contribution in [3.8, 4) is 5.75 Å². The van der Waals surface area contributed by atoms with Gasteiger partial charge in [-0.3, -0.25) is 9.59 Å². The topological polar surface area (TPSA) is 74.8 Å². The van der Waals surface area contributed by atoms with Crippen LogP contribution in [0.4, 0.5) is 24.7 Å². The maximum absolute atomic E-state index is 13.5. The number of benzene rings is 1. The fraction of sp³-hybridized carbons (Fsp3) is 0.458. The van der Waals surface area contributed by atoms with Crippen LogP contribution in [-0.4, -0.2) is 55.0 Å². The maximum Gasteiger partial charge on any atom is 0.419 e. The van der Waals surface area contributed by atoms with Gasteiger partial charge in [0.25, 0.3) is 0 Å². The molecule has 10 heteroatoms. The Hall–Kier alpha value is -3.30. The van der Waals surface area contributed by atoms with Gasteiger partial charge in [-0.1, -0.05) is 19.1 Å². The van der Waals surface area contributed by atoms with Crippen molar-refractivity contribution >= 4 is 23.3 Å². The van der Waals surface area contributed by atoms with Crippen LogP contribution in [-0.2, 0) is 15.8 Å². The Labute approximate surface area is 196 Å². The molecule has 0 saturated carbocycles. The smallest absolute Gasteiger partial charge is 0.419 e. The summed E-state index contributed by atoms with van der Waals surface area (Å²) in [4.78, 5) is 33.0. The molecule has 0 spiro atoms. The molecule has 1 saturated heterocycles. The molecule has 1 aromatic carbocycles. The van der Waals surface area contributed by atoms with E-state index in [1.807, 2.05) is 6.92 Å². The van der Waals surface area contributed by atoms with Gasteiger partial charge in [0.05, 0.1) is 30.8 Å². The molecule has 1 atom stereocenters. The Morgan fingerprint density at radius 3 is 2.71 bits per heavy atom. The molecule has 34 heavy (non-hydrogen) atoms. The zero-order valence-electron chi connectivity index (χ0n) is 19.3. The van der Waals surface area contributed by atoms with E-state index < -0.39 is 17.7 Å². The molecule has 2 amide bonds. The normalized spacial score (nSPS) is 16.1. The van der Waals surface area contributed by atoms with Crippen molar-refractivity contribution in [2.24, 2.45) is 5.92 Å². The number of nitrogens with one attached hydrogen (secondary N) is 1. The number of amides is 2. The summed E-state index contributed by atoms with van der Waals surface area (Å²) in [7, 11) is 1.50. The van der Waals surface area contributed by atoms with Crippen LogP contribution in [0.15, 0.2) is 42.6 Å². The lowest BCUT2D eigenvalue weighted by molar-refractivity contribution is -0.138. The van der Waals surface area contributed by atoms with Gasteiger partial charge in [0.15, 0.2) is 0 Å². The van der Waals surface area contributed by atoms with Gasteiger partial charge in [0.2, 0.25) is 11.8 Å². The highest BCUT2D eigenvalue weighted by atomic mass is 19.4. The number of alkyl halides is 3. The first-order valence-corrected chi connectivity index (χ1v) is 11.2. The van der Waals surface area contributed by atoms with Crippen LogP contribution in [0.2, 0.25) is 0 Å². The maximum atomic E-state index is 13.5. The van der Waals surface area contributed by atoms with Gasteiger partial charge in [0, 0.05) is 25.8 Å². The van der Waals surface area contributed by atoms with Crippen molar-refractivity contribution < 1.29 is 27.5 Å². The number of rotatable bonds is 8. The number of nitrogens with zero attached hydrogens (tertiary/aromatic N) is 3. The monoisotopic (exact) mass is 478 g/mol. The van der Waals surface area contributed by atoms with Gasteiger partial charge in [-0.05, 0) is 43.5 Å². The molecule has 0 aliphatic carbocycles. The molecule has 0 bridgehead atoms. The number of piperidine rings is 1. The summed E-state index contributed by atoms with van der Waals surface area (Å²) in [5, 5.41) is 2.76. The minimum absolute atomic E-state index is 0.118. The third-order valence-corrected chi connectivity index (χ3v) is 5.68. The molecular formula is C24H29F3N4O3. The van der Waals surface area contributed by atoms with E-state index in [4.69, 9.17) is 4.74 Å². The fourth-order valence-electron chi connectivity index (χ4n) is 4.15. The first-order chi connectivity index (χ1) is 16.2. The summed E-state index contributed by atoms with van der Waals surface area (Å²) in [5.74, 6) is -0.803. The Kier molecular flexibility index (Phi) is 8.36. The van der Waals surface area contributed by atoms with Crippen molar-refractivity contribution in [3.63, 3.8) is 0 Å². The number of ether oxygens (including phenoxy) is 1. The Morgan fingerprint density at radius 1 is 1.24 bits per heavy atom. The third-order valence-electron chi connectivity index (χ3n) is 5.68. The predicted octanol–water partition coefficient (Wildman–Crippen LogP) is 4.20. The highest BCUT2D eigenvalue weighted by Crippen LogP contribution is 2.36. The molecule has 184 valence electrons. The lowest BCUT2D eigenvalue weighted by Gasteiger charge is -2.36. The first kappa shape index (κ1) is 25.3. The van der Waals surface area contributed by atoms with E-state index in [0.717, 1.165) is 6.07 Å². The molecular weight excluding hydrogens is 449 g/mol. The van der Waals surface area contributed by atoms with E-state index in [9.17, 15) is 22.8 Å². The van der Waals surface area contributed by atoms with Crippen LogP contribution < -0.4 is 15.0 Å². The largest absolute Gasteiger partial charge is 0.495 e. The molecule has 2 heterocycles. The van der Waals surface area contributed by atoms with Crippen molar-refractivity contribution in [1.29, 1.82) is 0 Å². The van der Waals surface area contributed by atoms with Crippen LogP contribution in [0.5, 0.6) is 5.75 Å². The Balaban J connectivity index is 1.71. The zero-order valence-corrected chi connectivity index (χ0v) is 19.3. The number of para-hydroxylation sites is 2. The Bertz CT molecular complexity index is 999. The summed E-state index contributed by atoms with van der Waals surface area (Å²) in [5.41, 5.74) is -0.317. The summed E-state index contributed by atoms with van der Waals surface area (Å²) >= 11 is 0. The lowest BCUT2D eigenvalue weighted by atomic mass is 9.96. The predicted molar refractivity (Wildman–Crippen MR) is 123 cm³/mol. The van der Waals surface area contributed by atoms with E-state index in [-0.39, 0.29) is 30.7 Å². The van der Waals surface area contributed by atoms with Crippen LogP contribution in [0, 0.1) is 5.92 Å². The van der Waals surface area contributed by atoms with Gasteiger partial charge in [-0.15, -0.1) is 0 Å². The molecule has 1 aliphatic rings. The standard InChI is InChI=1S/C24H29F3N4O3/c1-3-13-31(16-21(32)29-19-10-4-5-11-20(19)34-2)23(33)17-8-7-14-30(15-17)22-18(24(25,26)27)9-6-12-28-22/h4-6,9-12,17H,3,7-8,13-16H2,1-2H3,(H,29,32). The number of anilines is 2. The third kappa shape index (κ3) is 6.18. The van der Waals surface area contributed by atoms with Gasteiger partial charge in [0.1, 0.15) is 11.6 Å². The lowest BCUT2D eigenvalue weighted by Crippen LogP contribution is -2.47. The summed E-state index contributed by atoms with van der Waals surface area (Å²) < 4.78 is 45.6. The fourth-order valence-corrected chi connectivity index (χ4v) is 4.15. The van der Waals surface area contributed by atoms with Gasteiger partial charge in [-0.2, -0.15) is 13.2 Å². The molecule has 1 aliphatic heterocycles.